The molecule has 0 fully saturated rings. The number of ether oxygens (including phenoxy) is 2. The Morgan fingerprint density at radius 3 is 2.76 bits per heavy atom. The molecule has 0 aliphatic heterocycles. The summed E-state index contributed by atoms with van der Waals surface area (Å²) in [5, 5.41) is 0.677. The van der Waals surface area contributed by atoms with E-state index in [1.165, 1.54) is 0 Å². The van der Waals surface area contributed by atoms with Gasteiger partial charge in [0, 0.05) is 0 Å². The first-order valence-electron chi connectivity index (χ1n) is 10.3. The van der Waals surface area contributed by atoms with Crippen molar-refractivity contribution < 1.29 is 30.7 Å². The van der Waals surface area contributed by atoms with E-state index in [1.807, 2.05) is 48.8 Å². The number of para-hydroxylation sites is 1. The van der Waals surface area contributed by atoms with Crippen molar-refractivity contribution in [2.75, 3.05) is 24.2 Å². The second kappa shape index (κ2) is 10.4. The molecule has 1 aromatic heterocycles. The van der Waals surface area contributed by atoms with Gasteiger partial charge in [0.2, 0.25) is 0 Å². The van der Waals surface area contributed by atoms with Crippen molar-refractivity contribution in [1.29, 1.82) is 0 Å². The fourth-order valence-corrected chi connectivity index (χ4v) is 5.91. The monoisotopic (exact) mass is 509 g/mol. The van der Waals surface area contributed by atoms with Crippen molar-refractivity contribution in [3.63, 3.8) is 0 Å². The van der Waals surface area contributed by atoms with Crippen molar-refractivity contribution in [2.45, 2.75) is 37.7 Å². The Balaban J connectivity index is 2.01. The summed E-state index contributed by atoms with van der Waals surface area (Å²) in [7, 11) is 0. The quantitative estimate of drug-likeness (QED) is 0.290. The molecule has 0 radical (unpaired) electrons. The Bertz CT molecular complexity index is 951. The number of alkyl halides is 2. The number of halogens is 1. The number of benzene rings is 1. The topological polar surface area (TPSA) is 53.3 Å². The van der Waals surface area contributed by atoms with Crippen LogP contribution in [0.25, 0.3) is 10.9 Å². The molecule has 5 nitrogen and oxygen atoms in total. The molecule has 0 spiro atoms. The summed E-state index contributed by atoms with van der Waals surface area (Å²) in [5.74, 6) is 1.92. The number of allylic oxidation sites excluding steroid dienone is 3. The molecule has 29 heavy (non-hydrogen) atoms. The van der Waals surface area contributed by atoms with Gasteiger partial charge < -0.3 is 0 Å². The first-order valence-corrected chi connectivity index (χ1v) is 13.0. The summed E-state index contributed by atoms with van der Waals surface area (Å²) in [6.07, 6.45) is 6.17. The average Bonchev–Trinajstić information content (AvgIpc) is 2.72. The predicted molar refractivity (Wildman–Crippen MR) is 113 cm³/mol. The van der Waals surface area contributed by atoms with Crippen molar-refractivity contribution in [1.82, 2.24) is 9.55 Å². The number of aromatic nitrogens is 2. The third-order valence-electron chi connectivity index (χ3n) is 4.99. The molecule has 1 heterocycles. The van der Waals surface area contributed by atoms with Crippen LogP contribution in [0, 0.1) is 5.92 Å². The van der Waals surface area contributed by atoms with Crippen LogP contribution in [-0.4, -0.2) is 33.8 Å². The molecule has 3 atom stereocenters. The Morgan fingerprint density at radius 1 is 1.24 bits per heavy atom. The molecular weight excluding hydrogens is 479 g/mol. The van der Waals surface area contributed by atoms with Gasteiger partial charge in [-0.1, -0.05) is 0 Å². The predicted octanol–water partition coefficient (Wildman–Crippen LogP) is 1.25. The molecule has 158 valence electrons. The van der Waals surface area contributed by atoms with Crippen LogP contribution in [0.2, 0.25) is 0 Å². The zero-order valence-electron chi connectivity index (χ0n) is 17.6. The minimum absolute atomic E-state index is 0.0426. The minimum atomic E-state index is -0.179. The fourth-order valence-electron chi connectivity index (χ4n) is 3.57. The zero-order chi connectivity index (χ0) is 20.8. The average molecular weight is 509 g/mol. The molecule has 0 saturated carbocycles. The van der Waals surface area contributed by atoms with E-state index in [-0.39, 0.29) is 42.6 Å². The van der Waals surface area contributed by atoms with Crippen LogP contribution in [-0.2, 0) is 9.47 Å². The number of rotatable bonds is 9. The van der Waals surface area contributed by atoms with Crippen LogP contribution in [0.1, 0.15) is 43.5 Å². The van der Waals surface area contributed by atoms with Crippen LogP contribution in [0.3, 0.4) is 0 Å². The van der Waals surface area contributed by atoms with Gasteiger partial charge >= 0.3 is 183 Å². The number of fused-ring (bicyclic) bond motifs is 1. The van der Waals surface area contributed by atoms with Crippen LogP contribution < -0.4 is 26.8 Å². The molecule has 3 rings (SSSR count). The Morgan fingerprint density at radius 2 is 2.03 bits per heavy atom. The van der Waals surface area contributed by atoms with Gasteiger partial charge in [-0.2, -0.15) is 0 Å². The van der Waals surface area contributed by atoms with E-state index >= 15 is 0 Å². The van der Waals surface area contributed by atoms with Crippen molar-refractivity contribution in [2.24, 2.45) is 5.92 Å². The van der Waals surface area contributed by atoms with Crippen molar-refractivity contribution in [3.8, 4) is 0 Å². The zero-order valence-corrected chi connectivity index (χ0v) is 19.8. The van der Waals surface area contributed by atoms with Crippen molar-refractivity contribution in [3.05, 3.63) is 64.4 Å². The first-order chi connectivity index (χ1) is 14.1. The molecule has 2 aromatic rings. The standard InChI is InChI=1S/C23H30IN2O3/c1-5-28-14-13-24-17(4)22-25-20-10-8-7-9-19(20)23(27)26(22)21-12-11-18(29-6-2)15-16(21)3/h7-12,15-17,21H,5-6,13-14H2,1-4H3/q-1. The molecule has 0 N–H and O–H groups in total. The van der Waals surface area contributed by atoms with E-state index in [4.69, 9.17) is 14.5 Å². The van der Waals surface area contributed by atoms with Gasteiger partial charge in [0.15, 0.2) is 0 Å². The number of hydrogen-bond acceptors (Lipinski definition) is 4. The SMILES string of the molecule is CCOCC[I-]C(C)c1nc2ccccc2c(=O)n1C1C=CC(OCC)=CC1C. The molecule has 1 aliphatic carbocycles. The molecule has 6 heteroatoms. The number of hydrogen-bond donors (Lipinski definition) is 0. The second-order valence-corrected chi connectivity index (χ2v) is 10.9. The van der Waals surface area contributed by atoms with Crippen LogP contribution >= 0.6 is 0 Å². The molecule has 3 unspecified atom stereocenters. The molecule has 1 aromatic carbocycles. The first kappa shape index (κ1) is 22.0. The van der Waals surface area contributed by atoms with E-state index < -0.39 is 0 Å². The molecular formula is C23H30IN2O3-. The fraction of sp³-hybridized carbons (Fsp3) is 0.478. The van der Waals surface area contributed by atoms with Crippen LogP contribution in [0.15, 0.2) is 53.0 Å². The van der Waals surface area contributed by atoms with Gasteiger partial charge in [-0.15, -0.1) is 0 Å². The van der Waals surface area contributed by atoms with E-state index in [0.29, 0.717) is 12.0 Å². The van der Waals surface area contributed by atoms with Gasteiger partial charge in [0.1, 0.15) is 0 Å². The number of nitrogens with zero attached hydrogens (tertiary/aromatic N) is 2. The normalized spacial score (nSPS) is 20.1. The summed E-state index contributed by atoms with van der Waals surface area (Å²) >= 11 is -0.179. The van der Waals surface area contributed by atoms with Gasteiger partial charge in [0.25, 0.3) is 0 Å². The maximum atomic E-state index is 13.5. The molecule has 0 amide bonds. The van der Waals surface area contributed by atoms with Gasteiger partial charge in [-0.25, -0.2) is 0 Å². The molecule has 0 bridgehead atoms. The van der Waals surface area contributed by atoms with Crippen LogP contribution in [0.4, 0.5) is 0 Å². The maximum absolute atomic E-state index is 13.5. The van der Waals surface area contributed by atoms with Gasteiger partial charge in [-0.3, -0.25) is 0 Å². The third-order valence-corrected chi connectivity index (χ3v) is 7.93. The van der Waals surface area contributed by atoms with Crippen LogP contribution in [0.5, 0.6) is 0 Å². The van der Waals surface area contributed by atoms with E-state index in [0.717, 1.165) is 34.7 Å². The third kappa shape index (κ3) is 5.09. The Kier molecular flexibility index (Phi) is 7.89. The Hall–Kier alpha value is -1.67. The summed E-state index contributed by atoms with van der Waals surface area (Å²) in [6.45, 7) is 10.5. The Labute approximate surface area is 183 Å². The van der Waals surface area contributed by atoms with Crippen molar-refractivity contribution >= 4 is 10.9 Å². The second-order valence-electron chi connectivity index (χ2n) is 7.03. The summed E-state index contributed by atoms with van der Waals surface area (Å²) in [5.41, 5.74) is 0.823. The molecule has 1 aliphatic rings. The summed E-state index contributed by atoms with van der Waals surface area (Å²) in [4.78, 5) is 18.5. The molecule has 0 saturated heterocycles. The van der Waals surface area contributed by atoms with E-state index in [2.05, 4.69) is 26.0 Å². The van der Waals surface area contributed by atoms with Gasteiger partial charge in [-0.05, 0) is 0 Å². The van der Waals surface area contributed by atoms with Gasteiger partial charge in [0.05, 0.1) is 0 Å². The summed E-state index contributed by atoms with van der Waals surface area (Å²) in [6, 6.07) is 7.60. The van der Waals surface area contributed by atoms with E-state index in [9.17, 15) is 4.79 Å². The summed E-state index contributed by atoms with van der Waals surface area (Å²) < 4.78 is 14.4. The van der Waals surface area contributed by atoms with E-state index in [1.54, 1.807) is 0 Å².